The van der Waals surface area contributed by atoms with E-state index in [0.29, 0.717) is 17.6 Å². The summed E-state index contributed by atoms with van der Waals surface area (Å²) in [6, 6.07) is 4.26. The van der Waals surface area contributed by atoms with Gasteiger partial charge in [-0.2, -0.15) is 13.2 Å². The molecule has 20 heavy (non-hydrogen) atoms. The molecular formula is C14H17F3N2S. The number of rotatable bonds is 4. The fourth-order valence-corrected chi connectivity index (χ4v) is 2.50. The zero-order valence-corrected chi connectivity index (χ0v) is 12.2. The molecule has 0 bridgehead atoms. The Morgan fingerprint density at radius 1 is 1.40 bits per heavy atom. The number of hydrogen-bond acceptors (Lipinski definition) is 2. The van der Waals surface area contributed by atoms with E-state index < -0.39 is 11.7 Å². The molecule has 0 heterocycles. The quantitative estimate of drug-likeness (QED) is 0.862. The molecule has 0 spiro atoms. The molecule has 2 rings (SSSR count). The lowest BCUT2D eigenvalue weighted by atomic mass is 10.0. The topological polar surface area (TPSA) is 29.3 Å². The molecule has 0 aliphatic heterocycles. The van der Waals surface area contributed by atoms with E-state index in [1.165, 1.54) is 25.0 Å². The highest BCUT2D eigenvalue weighted by molar-refractivity contribution is 7.80. The van der Waals surface area contributed by atoms with Gasteiger partial charge in [0.1, 0.15) is 4.99 Å². The Balaban J connectivity index is 2.37. The lowest BCUT2D eigenvalue weighted by Gasteiger charge is -2.28. The lowest BCUT2D eigenvalue weighted by Crippen LogP contribution is -2.31. The first kappa shape index (κ1) is 15.1. The fraction of sp³-hybridized carbons (Fsp3) is 0.500. The van der Waals surface area contributed by atoms with Crippen molar-refractivity contribution in [3.63, 3.8) is 0 Å². The lowest BCUT2D eigenvalue weighted by molar-refractivity contribution is -0.137. The standard InChI is InChI=1S/C14H17F3N2S/c1-8(9-3-4-9)19(2)10-5-6-12(14(15,16)17)11(7-10)13(18)20/h5-9H,3-4H2,1-2H3,(H2,18,20). The van der Waals surface area contributed by atoms with Gasteiger partial charge in [0, 0.05) is 24.3 Å². The number of benzene rings is 1. The van der Waals surface area contributed by atoms with Crippen LogP contribution in [0.5, 0.6) is 0 Å². The summed E-state index contributed by atoms with van der Waals surface area (Å²) in [6.45, 7) is 2.08. The second kappa shape index (κ2) is 5.24. The summed E-state index contributed by atoms with van der Waals surface area (Å²) in [5, 5.41) is 0. The van der Waals surface area contributed by atoms with Gasteiger partial charge in [-0.15, -0.1) is 0 Å². The van der Waals surface area contributed by atoms with Gasteiger partial charge in [0.25, 0.3) is 0 Å². The third-order valence-electron chi connectivity index (χ3n) is 3.90. The maximum Gasteiger partial charge on any atom is 0.417 e. The van der Waals surface area contributed by atoms with Crippen molar-refractivity contribution in [2.24, 2.45) is 11.7 Å². The molecule has 1 fully saturated rings. The summed E-state index contributed by atoms with van der Waals surface area (Å²) in [4.78, 5) is 1.76. The van der Waals surface area contributed by atoms with Gasteiger partial charge in [-0.3, -0.25) is 0 Å². The van der Waals surface area contributed by atoms with E-state index in [4.69, 9.17) is 18.0 Å². The van der Waals surface area contributed by atoms with Crippen molar-refractivity contribution in [1.29, 1.82) is 0 Å². The van der Waals surface area contributed by atoms with Crippen molar-refractivity contribution in [3.05, 3.63) is 29.3 Å². The van der Waals surface area contributed by atoms with E-state index in [1.54, 1.807) is 0 Å². The number of halogens is 3. The van der Waals surface area contributed by atoms with Crippen molar-refractivity contribution in [2.45, 2.75) is 32.0 Å². The van der Waals surface area contributed by atoms with Crippen LogP contribution < -0.4 is 10.6 Å². The fourth-order valence-electron chi connectivity index (χ4n) is 2.33. The molecule has 0 radical (unpaired) electrons. The van der Waals surface area contributed by atoms with Gasteiger partial charge in [0.2, 0.25) is 0 Å². The molecule has 1 unspecified atom stereocenters. The van der Waals surface area contributed by atoms with Gasteiger partial charge in [-0.25, -0.2) is 0 Å². The van der Waals surface area contributed by atoms with E-state index >= 15 is 0 Å². The summed E-state index contributed by atoms with van der Waals surface area (Å²) in [5.41, 5.74) is 5.26. The Labute approximate surface area is 121 Å². The molecule has 1 aliphatic carbocycles. The molecule has 1 aromatic rings. The van der Waals surface area contributed by atoms with E-state index in [-0.39, 0.29) is 10.6 Å². The van der Waals surface area contributed by atoms with Gasteiger partial charge < -0.3 is 10.6 Å². The Bertz CT molecular complexity index is 524. The van der Waals surface area contributed by atoms with Crippen LogP contribution in [0.3, 0.4) is 0 Å². The smallest absolute Gasteiger partial charge is 0.389 e. The third-order valence-corrected chi connectivity index (χ3v) is 4.12. The number of alkyl halides is 3. The minimum atomic E-state index is -4.45. The molecule has 1 aliphatic rings. The van der Waals surface area contributed by atoms with Crippen LogP contribution in [0.25, 0.3) is 0 Å². The summed E-state index contributed by atoms with van der Waals surface area (Å²) < 4.78 is 38.7. The Morgan fingerprint density at radius 2 is 2.00 bits per heavy atom. The highest BCUT2D eigenvalue weighted by Crippen LogP contribution is 2.38. The predicted molar refractivity (Wildman–Crippen MR) is 77.9 cm³/mol. The van der Waals surface area contributed by atoms with Gasteiger partial charge in [-0.1, -0.05) is 12.2 Å². The summed E-state index contributed by atoms with van der Waals surface area (Å²) in [7, 11) is 1.88. The zero-order chi connectivity index (χ0) is 15.1. The number of nitrogens with two attached hydrogens (primary N) is 1. The first-order valence-corrected chi connectivity index (χ1v) is 6.86. The molecule has 1 saturated carbocycles. The number of thiocarbonyl (C=S) groups is 1. The average molecular weight is 302 g/mol. The predicted octanol–water partition coefficient (Wildman–Crippen LogP) is 3.57. The van der Waals surface area contributed by atoms with E-state index in [1.807, 2.05) is 11.9 Å². The van der Waals surface area contributed by atoms with Crippen molar-refractivity contribution in [1.82, 2.24) is 0 Å². The Kier molecular flexibility index (Phi) is 3.95. The van der Waals surface area contributed by atoms with E-state index in [0.717, 1.165) is 6.07 Å². The monoisotopic (exact) mass is 302 g/mol. The molecule has 1 atom stereocenters. The van der Waals surface area contributed by atoms with Crippen LogP contribution in [0.1, 0.15) is 30.9 Å². The van der Waals surface area contributed by atoms with Crippen LogP contribution in [0.2, 0.25) is 0 Å². The number of anilines is 1. The highest BCUT2D eigenvalue weighted by Gasteiger charge is 2.35. The zero-order valence-electron chi connectivity index (χ0n) is 11.4. The molecule has 0 amide bonds. The highest BCUT2D eigenvalue weighted by atomic mass is 32.1. The average Bonchev–Trinajstić information content (AvgIpc) is 3.19. The van der Waals surface area contributed by atoms with Crippen LogP contribution in [-0.2, 0) is 6.18 Å². The third kappa shape index (κ3) is 3.06. The normalized spacial score (nSPS) is 16.9. The number of hydrogen-bond donors (Lipinski definition) is 1. The Hall–Kier alpha value is -1.30. The molecule has 0 aromatic heterocycles. The SMILES string of the molecule is CC(C1CC1)N(C)c1ccc(C(F)(F)F)c(C(N)=S)c1. The largest absolute Gasteiger partial charge is 0.417 e. The molecule has 1 aromatic carbocycles. The second-order valence-corrected chi connectivity index (χ2v) is 5.72. The molecule has 0 saturated heterocycles. The molecular weight excluding hydrogens is 285 g/mol. The molecule has 6 heteroatoms. The van der Waals surface area contributed by atoms with Crippen LogP contribution in [0, 0.1) is 5.92 Å². The van der Waals surface area contributed by atoms with Crippen molar-refractivity contribution in [3.8, 4) is 0 Å². The minimum Gasteiger partial charge on any atom is -0.389 e. The molecule has 110 valence electrons. The molecule has 2 N–H and O–H groups in total. The number of nitrogens with zero attached hydrogens (tertiary/aromatic N) is 1. The maximum absolute atomic E-state index is 12.9. The first-order chi connectivity index (χ1) is 9.21. The summed E-state index contributed by atoms with van der Waals surface area (Å²) in [6.07, 6.45) is -2.10. The van der Waals surface area contributed by atoms with Gasteiger partial charge in [0.05, 0.1) is 5.56 Å². The maximum atomic E-state index is 12.9. The van der Waals surface area contributed by atoms with Crippen molar-refractivity contribution < 1.29 is 13.2 Å². The van der Waals surface area contributed by atoms with Gasteiger partial charge >= 0.3 is 6.18 Å². The first-order valence-electron chi connectivity index (χ1n) is 6.45. The Morgan fingerprint density at radius 3 is 2.45 bits per heavy atom. The van der Waals surface area contributed by atoms with Gasteiger partial charge in [0.15, 0.2) is 0 Å². The van der Waals surface area contributed by atoms with Crippen LogP contribution in [0.15, 0.2) is 18.2 Å². The second-order valence-electron chi connectivity index (χ2n) is 5.28. The van der Waals surface area contributed by atoms with Crippen molar-refractivity contribution >= 4 is 22.9 Å². The van der Waals surface area contributed by atoms with Gasteiger partial charge in [-0.05, 0) is 43.9 Å². The van der Waals surface area contributed by atoms with E-state index in [9.17, 15) is 13.2 Å². The summed E-state index contributed by atoms with van der Waals surface area (Å²) >= 11 is 4.75. The van der Waals surface area contributed by atoms with Crippen LogP contribution in [0.4, 0.5) is 18.9 Å². The van der Waals surface area contributed by atoms with Crippen LogP contribution in [-0.4, -0.2) is 18.1 Å². The van der Waals surface area contributed by atoms with Crippen molar-refractivity contribution in [2.75, 3.05) is 11.9 Å². The van der Waals surface area contributed by atoms with E-state index in [2.05, 4.69) is 6.92 Å². The van der Waals surface area contributed by atoms with Crippen LogP contribution >= 0.6 is 12.2 Å². The minimum absolute atomic E-state index is 0.111. The summed E-state index contributed by atoms with van der Waals surface area (Å²) in [5.74, 6) is 0.621. The molecule has 2 nitrogen and oxygen atoms in total.